The first kappa shape index (κ1) is 18.9. The number of fused-ring (bicyclic) bond motifs is 1. The molecular weight excluding hydrogens is 397 g/mol. The molecule has 0 saturated carbocycles. The van der Waals surface area contributed by atoms with E-state index in [0.717, 1.165) is 17.4 Å². The minimum absolute atomic E-state index is 0.130. The summed E-state index contributed by atoms with van der Waals surface area (Å²) in [5.41, 5.74) is 2.04. The Labute approximate surface area is 161 Å². The molecule has 138 valence electrons. The van der Waals surface area contributed by atoms with Crippen LogP contribution in [0.1, 0.15) is 30.9 Å². The van der Waals surface area contributed by atoms with Gasteiger partial charge in [0.15, 0.2) is 5.65 Å². The Kier molecular flexibility index (Phi) is 5.09. The fourth-order valence-corrected chi connectivity index (χ4v) is 3.31. The smallest absolute Gasteiger partial charge is 0.252 e. The SMILES string of the molecule is CC(C)c1cnn2c(NCc3cccc(Cl)c3Cl)nc(S(C)(=O)=O)nc12. The first-order chi connectivity index (χ1) is 12.2. The second kappa shape index (κ2) is 7.02. The van der Waals surface area contributed by atoms with Gasteiger partial charge in [0.1, 0.15) is 0 Å². The molecule has 2 aromatic heterocycles. The Bertz CT molecular complexity index is 1080. The highest BCUT2D eigenvalue weighted by Crippen LogP contribution is 2.27. The minimum atomic E-state index is -3.59. The fraction of sp³-hybridized carbons (Fsp3) is 0.312. The maximum Gasteiger partial charge on any atom is 0.252 e. The number of halogens is 2. The minimum Gasteiger partial charge on any atom is -0.350 e. The van der Waals surface area contributed by atoms with Crippen LogP contribution in [0.2, 0.25) is 10.0 Å². The van der Waals surface area contributed by atoms with E-state index >= 15 is 0 Å². The van der Waals surface area contributed by atoms with E-state index in [2.05, 4.69) is 20.4 Å². The van der Waals surface area contributed by atoms with Gasteiger partial charge in [0.05, 0.1) is 16.2 Å². The van der Waals surface area contributed by atoms with Crippen LogP contribution in [0.4, 0.5) is 5.95 Å². The highest BCUT2D eigenvalue weighted by atomic mass is 35.5. The summed E-state index contributed by atoms with van der Waals surface area (Å²) < 4.78 is 25.5. The molecule has 0 aliphatic carbocycles. The van der Waals surface area contributed by atoms with Crippen LogP contribution < -0.4 is 5.32 Å². The molecule has 0 radical (unpaired) electrons. The van der Waals surface area contributed by atoms with E-state index in [1.807, 2.05) is 19.9 Å². The predicted molar refractivity (Wildman–Crippen MR) is 102 cm³/mol. The Balaban J connectivity index is 2.08. The van der Waals surface area contributed by atoms with Crippen molar-refractivity contribution >= 4 is 44.6 Å². The van der Waals surface area contributed by atoms with Gasteiger partial charge in [-0.15, -0.1) is 0 Å². The molecule has 1 N–H and O–H groups in total. The monoisotopic (exact) mass is 413 g/mol. The lowest BCUT2D eigenvalue weighted by Crippen LogP contribution is -2.14. The van der Waals surface area contributed by atoms with Gasteiger partial charge < -0.3 is 5.32 Å². The van der Waals surface area contributed by atoms with Crippen LogP contribution in [0.15, 0.2) is 29.6 Å². The van der Waals surface area contributed by atoms with Crippen molar-refractivity contribution in [3.63, 3.8) is 0 Å². The molecule has 0 bridgehead atoms. The van der Waals surface area contributed by atoms with Gasteiger partial charge in [0.2, 0.25) is 15.8 Å². The van der Waals surface area contributed by atoms with Crippen molar-refractivity contribution in [3.05, 3.63) is 45.6 Å². The van der Waals surface area contributed by atoms with E-state index in [1.165, 1.54) is 4.52 Å². The van der Waals surface area contributed by atoms with Crippen LogP contribution in [0, 0.1) is 0 Å². The number of benzene rings is 1. The Hall–Kier alpha value is -1.90. The zero-order chi connectivity index (χ0) is 19.1. The van der Waals surface area contributed by atoms with E-state index in [1.54, 1.807) is 18.3 Å². The molecule has 0 aliphatic heterocycles. The van der Waals surface area contributed by atoms with Crippen LogP contribution in [-0.4, -0.2) is 34.3 Å². The number of anilines is 1. The van der Waals surface area contributed by atoms with E-state index in [0.29, 0.717) is 22.2 Å². The van der Waals surface area contributed by atoms with Gasteiger partial charge in [-0.25, -0.2) is 8.42 Å². The normalized spacial score (nSPS) is 12.1. The first-order valence-electron chi connectivity index (χ1n) is 7.81. The second-order valence-corrected chi connectivity index (χ2v) is 8.85. The molecular formula is C16H17Cl2N5O2S. The molecule has 7 nitrogen and oxygen atoms in total. The van der Waals surface area contributed by atoms with Gasteiger partial charge in [0, 0.05) is 18.4 Å². The number of hydrogen-bond donors (Lipinski definition) is 1. The fourth-order valence-electron chi connectivity index (χ4n) is 2.42. The Morgan fingerprint density at radius 2 is 1.96 bits per heavy atom. The van der Waals surface area contributed by atoms with Crippen LogP contribution >= 0.6 is 23.2 Å². The average Bonchev–Trinajstić information content (AvgIpc) is 2.99. The van der Waals surface area contributed by atoms with Crippen molar-refractivity contribution < 1.29 is 8.42 Å². The van der Waals surface area contributed by atoms with Crippen molar-refractivity contribution in [3.8, 4) is 0 Å². The van der Waals surface area contributed by atoms with E-state index < -0.39 is 9.84 Å². The average molecular weight is 414 g/mol. The molecule has 0 atom stereocenters. The molecule has 10 heteroatoms. The zero-order valence-corrected chi connectivity index (χ0v) is 16.7. The van der Waals surface area contributed by atoms with E-state index in [4.69, 9.17) is 23.2 Å². The van der Waals surface area contributed by atoms with Crippen LogP contribution in [0.3, 0.4) is 0 Å². The second-order valence-electron chi connectivity index (χ2n) is 6.16. The summed E-state index contributed by atoms with van der Waals surface area (Å²) in [6, 6.07) is 5.30. The third-order valence-corrected chi connectivity index (χ3v) is 5.50. The summed E-state index contributed by atoms with van der Waals surface area (Å²) in [4.78, 5) is 8.32. The number of nitrogens with one attached hydrogen (secondary N) is 1. The zero-order valence-electron chi connectivity index (χ0n) is 14.4. The molecule has 0 fully saturated rings. The number of rotatable bonds is 5. The molecule has 3 aromatic rings. The van der Waals surface area contributed by atoms with Crippen molar-refractivity contribution in [2.75, 3.05) is 11.6 Å². The molecule has 26 heavy (non-hydrogen) atoms. The summed E-state index contributed by atoms with van der Waals surface area (Å²) in [6.45, 7) is 4.27. The van der Waals surface area contributed by atoms with Crippen molar-refractivity contribution in [1.29, 1.82) is 0 Å². The van der Waals surface area contributed by atoms with E-state index in [-0.39, 0.29) is 17.0 Å². The molecule has 3 rings (SSSR count). The molecule has 0 amide bonds. The van der Waals surface area contributed by atoms with Crippen molar-refractivity contribution in [2.45, 2.75) is 31.5 Å². The first-order valence-corrected chi connectivity index (χ1v) is 10.5. The Morgan fingerprint density at radius 3 is 2.62 bits per heavy atom. The summed E-state index contributed by atoms with van der Waals surface area (Å²) in [5, 5.41) is 7.98. The lowest BCUT2D eigenvalue weighted by molar-refractivity contribution is 0.592. The quantitative estimate of drug-likeness (QED) is 0.687. The van der Waals surface area contributed by atoms with Gasteiger partial charge in [-0.2, -0.15) is 19.6 Å². The molecule has 0 aliphatic rings. The van der Waals surface area contributed by atoms with Crippen LogP contribution in [0.25, 0.3) is 5.65 Å². The summed E-state index contributed by atoms with van der Waals surface area (Å²) >= 11 is 12.2. The van der Waals surface area contributed by atoms with Gasteiger partial charge in [-0.3, -0.25) is 0 Å². The van der Waals surface area contributed by atoms with Crippen LogP contribution in [-0.2, 0) is 16.4 Å². The molecule has 2 heterocycles. The predicted octanol–water partition coefficient (Wildman–Crippen LogP) is 3.57. The summed E-state index contributed by atoms with van der Waals surface area (Å²) in [6.07, 6.45) is 2.74. The largest absolute Gasteiger partial charge is 0.350 e. The maximum atomic E-state index is 12.0. The van der Waals surface area contributed by atoms with Gasteiger partial charge in [-0.05, 0) is 17.5 Å². The highest BCUT2D eigenvalue weighted by Gasteiger charge is 2.20. The van der Waals surface area contributed by atoms with Gasteiger partial charge >= 0.3 is 0 Å². The topological polar surface area (TPSA) is 89.2 Å². The Morgan fingerprint density at radius 1 is 1.23 bits per heavy atom. The van der Waals surface area contributed by atoms with Gasteiger partial charge in [0.25, 0.3) is 5.16 Å². The molecule has 0 unspecified atom stereocenters. The van der Waals surface area contributed by atoms with Crippen LogP contribution in [0.5, 0.6) is 0 Å². The molecule has 0 saturated heterocycles. The van der Waals surface area contributed by atoms with Gasteiger partial charge in [-0.1, -0.05) is 49.2 Å². The number of aromatic nitrogens is 4. The lowest BCUT2D eigenvalue weighted by Gasteiger charge is -2.11. The standard InChI is InChI=1S/C16H17Cl2N5O2S/c1-9(2)11-8-20-23-14(11)21-16(26(3,24)25)22-15(23)19-7-10-5-4-6-12(17)13(10)18/h4-6,8-9H,7H2,1-3H3,(H,19,21,22). The van der Waals surface area contributed by atoms with E-state index in [9.17, 15) is 8.42 Å². The maximum absolute atomic E-state index is 12.0. The highest BCUT2D eigenvalue weighted by molar-refractivity contribution is 7.90. The lowest BCUT2D eigenvalue weighted by atomic mass is 10.1. The summed E-state index contributed by atoms with van der Waals surface area (Å²) in [7, 11) is -3.59. The molecule has 1 aromatic carbocycles. The third-order valence-electron chi connectivity index (χ3n) is 3.80. The number of nitrogens with zero attached hydrogens (tertiary/aromatic N) is 4. The third kappa shape index (κ3) is 3.62. The van der Waals surface area contributed by atoms with Crippen molar-refractivity contribution in [1.82, 2.24) is 19.6 Å². The number of hydrogen-bond acceptors (Lipinski definition) is 6. The summed E-state index contributed by atoms with van der Waals surface area (Å²) in [5.74, 6) is 0.392. The number of sulfone groups is 1. The van der Waals surface area contributed by atoms with Crippen molar-refractivity contribution in [2.24, 2.45) is 0 Å². The molecule has 0 spiro atoms.